The van der Waals surface area contributed by atoms with Crippen LogP contribution in [-0.4, -0.2) is 12.1 Å². The summed E-state index contributed by atoms with van der Waals surface area (Å²) < 4.78 is 5.21. The molecule has 3 heteroatoms. The Morgan fingerprint density at radius 3 is 2.29 bits per heavy atom. The van der Waals surface area contributed by atoms with E-state index in [1.54, 1.807) is 7.11 Å². The Morgan fingerprint density at radius 1 is 1.05 bits per heavy atom. The lowest BCUT2D eigenvalue weighted by molar-refractivity contribution is 0.415. The number of methoxy groups -OCH3 is 1. The number of hydrogen-bond acceptors (Lipinski definition) is 2. The van der Waals surface area contributed by atoms with E-state index < -0.39 is 0 Å². The molecule has 2 nitrogen and oxygen atoms in total. The summed E-state index contributed by atoms with van der Waals surface area (Å²) in [5.74, 6) is 0.811. The van der Waals surface area contributed by atoms with Gasteiger partial charge in [-0.2, -0.15) is 0 Å². The van der Waals surface area contributed by atoms with E-state index in [2.05, 4.69) is 50.4 Å². The van der Waals surface area contributed by atoms with E-state index in [9.17, 15) is 0 Å². The molecule has 0 fully saturated rings. The molecule has 0 aliphatic heterocycles. The van der Waals surface area contributed by atoms with Crippen molar-refractivity contribution < 1.29 is 4.74 Å². The number of ether oxygens (including phenoxy) is 1. The number of nitrogens with one attached hydrogen (secondary N) is 1. The van der Waals surface area contributed by atoms with Gasteiger partial charge in [-0.25, -0.2) is 0 Å². The molecule has 2 aromatic carbocycles. The Labute approximate surface area is 132 Å². The first-order chi connectivity index (χ1) is 9.90. The van der Waals surface area contributed by atoms with Gasteiger partial charge in [0, 0.05) is 17.3 Å². The summed E-state index contributed by atoms with van der Waals surface area (Å²) >= 11 is 5.47. The molecular formula is C18H21NOS. The van der Waals surface area contributed by atoms with Crippen LogP contribution in [0.15, 0.2) is 48.5 Å². The van der Waals surface area contributed by atoms with Gasteiger partial charge in [-0.1, -0.05) is 63.3 Å². The van der Waals surface area contributed by atoms with Crippen LogP contribution < -0.4 is 10.1 Å². The zero-order valence-electron chi connectivity index (χ0n) is 12.9. The maximum absolute atomic E-state index is 5.47. The second-order valence-electron chi connectivity index (χ2n) is 6.01. The van der Waals surface area contributed by atoms with E-state index in [-0.39, 0.29) is 5.41 Å². The van der Waals surface area contributed by atoms with Crippen LogP contribution in [0.2, 0.25) is 0 Å². The van der Waals surface area contributed by atoms with Crippen molar-refractivity contribution in [3.8, 4) is 5.75 Å². The predicted octanol–water partition coefficient (Wildman–Crippen LogP) is 4.78. The summed E-state index contributed by atoms with van der Waals surface area (Å²) in [5, 5.41) is 3.24. The molecule has 0 aliphatic carbocycles. The molecule has 0 aliphatic rings. The van der Waals surface area contributed by atoms with Crippen LogP contribution >= 0.6 is 12.2 Å². The van der Waals surface area contributed by atoms with Gasteiger partial charge in [-0.3, -0.25) is 0 Å². The van der Waals surface area contributed by atoms with Gasteiger partial charge in [0.1, 0.15) is 10.7 Å². The molecule has 0 amide bonds. The molecule has 1 N–H and O–H groups in total. The van der Waals surface area contributed by atoms with Gasteiger partial charge in [-0.15, -0.1) is 0 Å². The predicted molar refractivity (Wildman–Crippen MR) is 93.5 cm³/mol. The first kappa shape index (κ1) is 15.5. The van der Waals surface area contributed by atoms with E-state index in [0.717, 1.165) is 17.0 Å². The van der Waals surface area contributed by atoms with E-state index >= 15 is 0 Å². The lowest BCUT2D eigenvalue weighted by Gasteiger charge is -2.19. The van der Waals surface area contributed by atoms with Gasteiger partial charge >= 0.3 is 0 Å². The first-order valence-electron chi connectivity index (χ1n) is 6.96. The van der Waals surface area contributed by atoms with E-state index in [4.69, 9.17) is 17.0 Å². The van der Waals surface area contributed by atoms with Crippen molar-refractivity contribution in [1.29, 1.82) is 0 Å². The smallest absolute Gasteiger partial charge is 0.120 e. The summed E-state index contributed by atoms with van der Waals surface area (Å²) in [6.45, 7) is 6.61. The van der Waals surface area contributed by atoms with Gasteiger partial charge in [0.25, 0.3) is 0 Å². The summed E-state index contributed by atoms with van der Waals surface area (Å²) in [5.41, 5.74) is 3.40. The van der Waals surface area contributed by atoms with Crippen LogP contribution in [0.3, 0.4) is 0 Å². The Kier molecular flexibility index (Phi) is 4.63. The highest BCUT2D eigenvalue weighted by Crippen LogP contribution is 2.23. The number of thiocarbonyl (C=S) groups is 1. The Balaban J connectivity index is 2.13. The largest absolute Gasteiger partial charge is 0.497 e. The van der Waals surface area contributed by atoms with Crippen molar-refractivity contribution in [3.63, 3.8) is 0 Å². The highest BCUT2D eigenvalue weighted by molar-refractivity contribution is 7.81. The quantitative estimate of drug-likeness (QED) is 0.824. The third kappa shape index (κ3) is 4.05. The van der Waals surface area contributed by atoms with Crippen molar-refractivity contribution in [2.24, 2.45) is 0 Å². The number of hydrogen-bond donors (Lipinski definition) is 1. The van der Waals surface area contributed by atoms with Crippen molar-refractivity contribution in [1.82, 2.24) is 0 Å². The minimum atomic E-state index is 0.153. The van der Waals surface area contributed by atoms with Crippen LogP contribution in [0.4, 0.5) is 5.69 Å². The minimum Gasteiger partial charge on any atom is -0.497 e. The van der Waals surface area contributed by atoms with Crippen LogP contribution in [0.1, 0.15) is 31.9 Å². The molecule has 110 valence electrons. The van der Waals surface area contributed by atoms with Gasteiger partial charge in [0.2, 0.25) is 0 Å². The molecule has 21 heavy (non-hydrogen) atoms. The third-order valence-electron chi connectivity index (χ3n) is 3.34. The maximum atomic E-state index is 5.47. The zero-order valence-corrected chi connectivity index (χ0v) is 13.8. The summed E-state index contributed by atoms with van der Waals surface area (Å²) in [6.07, 6.45) is 0. The number of rotatable bonds is 3. The third-order valence-corrected chi connectivity index (χ3v) is 3.68. The molecule has 0 heterocycles. The minimum absolute atomic E-state index is 0.153. The molecular weight excluding hydrogens is 278 g/mol. The molecule has 0 radical (unpaired) electrons. The van der Waals surface area contributed by atoms with Crippen LogP contribution in [0, 0.1) is 0 Å². The summed E-state index contributed by atoms with van der Waals surface area (Å²) in [6, 6.07) is 16.1. The average molecular weight is 299 g/mol. The molecule has 0 saturated carbocycles. The SMILES string of the molecule is COc1cccc(NC(=S)c2ccc(C(C)(C)C)cc2)c1. The first-order valence-corrected chi connectivity index (χ1v) is 7.37. The number of benzene rings is 2. The average Bonchev–Trinajstić information content (AvgIpc) is 2.46. The lowest BCUT2D eigenvalue weighted by Crippen LogP contribution is -2.13. The normalized spacial score (nSPS) is 11.0. The van der Waals surface area contributed by atoms with Gasteiger partial charge < -0.3 is 10.1 Å². The molecule has 0 aromatic heterocycles. The number of anilines is 1. The highest BCUT2D eigenvalue weighted by Gasteiger charge is 2.13. The molecule has 2 rings (SSSR count). The zero-order chi connectivity index (χ0) is 15.5. The fourth-order valence-corrected chi connectivity index (χ4v) is 2.28. The van der Waals surface area contributed by atoms with Crippen molar-refractivity contribution in [2.45, 2.75) is 26.2 Å². The lowest BCUT2D eigenvalue weighted by atomic mass is 9.87. The monoisotopic (exact) mass is 299 g/mol. The summed E-state index contributed by atoms with van der Waals surface area (Å²) in [7, 11) is 1.66. The van der Waals surface area contributed by atoms with Gasteiger partial charge in [-0.05, 0) is 23.1 Å². The van der Waals surface area contributed by atoms with E-state index in [1.165, 1.54) is 5.56 Å². The second kappa shape index (κ2) is 6.27. The van der Waals surface area contributed by atoms with Crippen LogP contribution in [0.5, 0.6) is 5.75 Å². The fourth-order valence-electron chi connectivity index (χ4n) is 2.03. The maximum Gasteiger partial charge on any atom is 0.120 e. The molecule has 2 aromatic rings. The molecule has 0 unspecified atom stereocenters. The standard InChI is InChI=1S/C18H21NOS/c1-18(2,3)14-10-8-13(9-11-14)17(21)19-15-6-5-7-16(12-15)20-4/h5-12H,1-4H3,(H,19,21). The topological polar surface area (TPSA) is 21.3 Å². The highest BCUT2D eigenvalue weighted by atomic mass is 32.1. The van der Waals surface area contributed by atoms with E-state index in [0.29, 0.717) is 4.99 Å². The Morgan fingerprint density at radius 2 is 1.71 bits per heavy atom. The molecule has 0 bridgehead atoms. The molecule has 0 saturated heterocycles. The molecule has 0 spiro atoms. The van der Waals surface area contributed by atoms with Crippen LogP contribution in [-0.2, 0) is 5.41 Å². The summed E-state index contributed by atoms with van der Waals surface area (Å²) in [4.78, 5) is 0.712. The van der Waals surface area contributed by atoms with E-state index in [1.807, 2.05) is 24.3 Å². The van der Waals surface area contributed by atoms with Crippen LogP contribution in [0.25, 0.3) is 0 Å². The van der Waals surface area contributed by atoms with Crippen molar-refractivity contribution in [3.05, 3.63) is 59.7 Å². The van der Waals surface area contributed by atoms with Gasteiger partial charge in [0.15, 0.2) is 0 Å². The Hall–Kier alpha value is -1.87. The fraction of sp³-hybridized carbons (Fsp3) is 0.278. The Bertz CT molecular complexity index is 626. The molecule has 0 atom stereocenters. The van der Waals surface area contributed by atoms with Gasteiger partial charge in [0.05, 0.1) is 7.11 Å². The van der Waals surface area contributed by atoms with Crippen molar-refractivity contribution >= 4 is 22.9 Å². The second-order valence-corrected chi connectivity index (χ2v) is 6.42. The van der Waals surface area contributed by atoms with Crippen molar-refractivity contribution in [2.75, 3.05) is 12.4 Å².